The van der Waals surface area contributed by atoms with Gasteiger partial charge in [0.15, 0.2) is 0 Å². The molecule has 110 valence electrons. The molecule has 1 aromatic rings. The van der Waals surface area contributed by atoms with Gasteiger partial charge in [-0.25, -0.2) is 0 Å². The number of Topliss-reactive ketones (excluding diaryl/α,β-unsaturated/α-hetero) is 1. The topological polar surface area (TPSA) is 33.2 Å². The van der Waals surface area contributed by atoms with Crippen LogP contribution in [-0.2, 0) is 11.3 Å². The molecule has 0 spiro atoms. The van der Waals surface area contributed by atoms with Crippen LogP contribution in [0.5, 0.6) is 0 Å². The lowest BCUT2D eigenvalue weighted by atomic mass is 9.75. The summed E-state index contributed by atoms with van der Waals surface area (Å²) in [5.74, 6) is 2.08. The van der Waals surface area contributed by atoms with Gasteiger partial charge in [0.2, 0.25) is 0 Å². The van der Waals surface area contributed by atoms with Gasteiger partial charge in [-0.2, -0.15) is 0 Å². The Morgan fingerprint density at radius 1 is 1.45 bits per heavy atom. The molecule has 1 aliphatic carbocycles. The van der Waals surface area contributed by atoms with E-state index in [2.05, 4.69) is 36.8 Å². The van der Waals surface area contributed by atoms with Crippen molar-refractivity contribution in [3.63, 3.8) is 0 Å². The number of hydrogen-bond donors (Lipinski definition) is 0. The van der Waals surface area contributed by atoms with Gasteiger partial charge in [0, 0.05) is 37.8 Å². The average molecular weight is 274 g/mol. The van der Waals surface area contributed by atoms with Crippen LogP contribution in [0.15, 0.2) is 24.5 Å². The van der Waals surface area contributed by atoms with Crippen molar-refractivity contribution >= 4 is 5.78 Å². The predicted molar refractivity (Wildman–Crippen MR) is 81.2 cm³/mol. The van der Waals surface area contributed by atoms with E-state index in [1.807, 2.05) is 12.3 Å². The Morgan fingerprint density at radius 2 is 2.25 bits per heavy atom. The maximum Gasteiger partial charge on any atom is 0.137 e. The molecular formula is C17H26N2O. The van der Waals surface area contributed by atoms with Crippen molar-refractivity contribution in [2.75, 3.05) is 13.6 Å². The third kappa shape index (κ3) is 4.14. The molecule has 1 aliphatic rings. The lowest BCUT2D eigenvalue weighted by Crippen LogP contribution is -2.35. The fraction of sp³-hybridized carbons (Fsp3) is 0.647. The zero-order chi connectivity index (χ0) is 14.5. The maximum atomic E-state index is 12.1. The van der Waals surface area contributed by atoms with E-state index in [-0.39, 0.29) is 5.92 Å². The Labute approximate surface area is 122 Å². The number of carbonyl (C=O) groups excluding carboxylic acids is 1. The number of carbonyl (C=O) groups is 1. The minimum absolute atomic E-state index is 0.220. The average Bonchev–Trinajstić information content (AvgIpc) is 2.42. The maximum absolute atomic E-state index is 12.1. The molecule has 0 amide bonds. The Bertz CT molecular complexity index is 430. The van der Waals surface area contributed by atoms with E-state index < -0.39 is 0 Å². The van der Waals surface area contributed by atoms with E-state index in [9.17, 15) is 4.79 Å². The van der Waals surface area contributed by atoms with E-state index in [0.717, 1.165) is 32.4 Å². The molecule has 0 aliphatic heterocycles. The van der Waals surface area contributed by atoms with Crippen LogP contribution in [0.25, 0.3) is 0 Å². The van der Waals surface area contributed by atoms with Gasteiger partial charge in [0.1, 0.15) is 5.78 Å². The third-order valence-electron chi connectivity index (χ3n) is 4.45. The summed E-state index contributed by atoms with van der Waals surface area (Å²) in [6.45, 7) is 6.29. The summed E-state index contributed by atoms with van der Waals surface area (Å²) >= 11 is 0. The zero-order valence-electron chi connectivity index (χ0n) is 12.9. The molecule has 2 atom stereocenters. The molecule has 0 radical (unpaired) electrons. The van der Waals surface area contributed by atoms with Gasteiger partial charge in [0.05, 0.1) is 0 Å². The van der Waals surface area contributed by atoms with Crippen molar-refractivity contribution in [3.05, 3.63) is 30.1 Å². The van der Waals surface area contributed by atoms with Gasteiger partial charge in [-0.05, 0) is 43.4 Å². The normalized spacial score (nSPS) is 23.6. The predicted octanol–water partition coefficient (Wildman–Crippen LogP) is 3.15. The van der Waals surface area contributed by atoms with Crippen LogP contribution in [0, 0.1) is 17.8 Å². The fourth-order valence-corrected chi connectivity index (χ4v) is 3.17. The summed E-state index contributed by atoms with van der Waals surface area (Å²) in [7, 11) is 2.10. The summed E-state index contributed by atoms with van der Waals surface area (Å²) in [5.41, 5.74) is 1.21. The standard InChI is InChI=1S/C17H26N2O/c1-13(2)15-6-7-17(20)16(9-15)12-19(3)11-14-5-4-8-18-10-14/h4-5,8,10,13,15-16H,6-7,9,11-12H2,1-3H3. The smallest absolute Gasteiger partial charge is 0.137 e. The van der Waals surface area contributed by atoms with Gasteiger partial charge in [-0.3, -0.25) is 9.78 Å². The number of rotatable bonds is 5. The highest BCUT2D eigenvalue weighted by molar-refractivity contribution is 5.82. The first-order valence-corrected chi connectivity index (χ1v) is 7.66. The molecule has 1 heterocycles. The number of pyridine rings is 1. The van der Waals surface area contributed by atoms with E-state index >= 15 is 0 Å². The van der Waals surface area contributed by atoms with Gasteiger partial charge in [-0.1, -0.05) is 19.9 Å². The molecule has 2 rings (SSSR count). The highest BCUT2D eigenvalue weighted by Gasteiger charge is 2.30. The molecule has 1 saturated carbocycles. The highest BCUT2D eigenvalue weighted by atomic mass is 16.1. The van der Waals surface area contributed by atoms with Crippen LogP contribution in [0.3, 0.4) is 0 Å². The molecule has 1 aromatic heterocycles. The summed E-state index contributed by atoms with van der Waals surface area (Å²) in [6.07, 6.45) is 6.61. The van der Waals surface area contributed by atoms with Gasteiger partial charge in [-0.15, -0.1) is 0 Å². The van der Waals surface area contributed by atoms with E-state index in [1.54, 1.807) is 6.20 Å². The van der Waals surface area contributed by atoms with Crippen LogP contribution in [-0.4, -0.2) is 29.3 Å². The molecule has 3 heteroatoms. The second-order valence-corrected chi connectivity index (χ2v) is 6.50. The molecule has 0 bridgehead atoms. The quantitative estimate of drug-likeness (QED) is 0.827. The van der Waals surface area contributed by atoms with Crippen LogP contribution < -0.4 is 0 Å². The van der Waals surface area contributed by atoms with Gasteiger partial charge >= 0.3 is 0 Å². The highest BCUT2D eigenvalue weighted by Crippen LogP contribution is 2.32. The minimum atomic E-state index is 0.220. The fourth-order valence-electron chi connectivity index (χ4n) is 3.17. The second-order valence-electron chi connectivity index (χ2n) is 6.50. The van der Waals surface area contributed by atoms with Crippen molar-refractivity contribution in [2.45, 2.75) is 39.7 Å². The first-order chi connectivity index (χ1) is 9.56. The lowest BCUT2D eigenvalue weighted by Gasteiger charge is -2.32. The molecular weight excluding hydrogens is 248 g/mol. The summed E-state index contributed by atoms with van der Waals surface area (Å²) in [4.78, 5) is 18.5. The third-order valence-corrected chi connectivity index (χ3v) is 4.45. The molecule has 0 saturated heterocycles. The van der Waals surface area contributed by atoms with Crippen LogP contribution in [0.1, 0.15) is 38.7 Å². The number of nitrogens with zero attached hydrogens (tertiary/aromatic N) is 2. The molecule has 1 fully saturated rings. The van der Waals surface area contributed by atoms with Crippen LogP contribution in [0.2, 0.25) is 0 Å². The minimum Gasteiger partial charge on any atom is -0.301 e. The second kappa shape index (κ2) is 6.98. The van der Waals surface area contributed by atoms with E-state index in [0.29, 0.717) is 17.6 Å². The van der Waals surface area contributed by atoms with E-state index in [1.165, 1.54) is 5.56 Å². The van der Waals surface area contributed by atoms with Gasteiger partial charge in [0.25, 0.3) is 0 Å². The summed E-state index contributed by atoms with van der Waals surface area (Å²) in [5, 5.41) is 0. The monoisotopic (exact) mass is 274 g/mol. The largest absolute Gasteiger partial charge is 0.301 e. The molecule has 20 heavy (non-hydrogen) atoms. The summed E-state index contributed by atoms with van der Waals surface area (Å²) < 4.78 is 0. The SMILES string of the molecule is CC(C)C1CCC(=O)C(CN(C)Cc2cccnc2)C1. The number of hydrogen-bond acceptors (Lipinski definition) is 3. The zero-order valence-corrected chi connectivity index (χ0v) is 12.9. The summed E-state index contributed by atoms with van der Waals surface area (Å²) in [6, 6.07) is 4.05. The van der Waals surface area contributed by atoms with Crippen molar-refractivity contribution in [2.24, 2.45) is 17.8 Å². The van der Waals surface area contributed by atoms with Crippen molar-refractivity contribution in [1.82, 2.24) is 9.88 Å². The van der Waals surface area contributed by atoms with Gasteiger partial charge < -0.3 is 4.90 Å². The number of ketones is 1. The Kier molecular flexibility index (Phi) is 5.30. The molecule has 3 nitrogen and oxygen atoms in total. The van der Waals surface area contributed by atoms with E-state index in [4.69, 9.17) is 0 Å². The van der Waals surface area contributed by atoms with Crippen LogP contribution >= 0.6 is 0 Å². The Morgan fingerprint density at radius 3 is 2.90 bits per heavy atom. The molecule has 0 N–H and O–H groups in total. The number of aromatic nitrogens is 1. The lowest BCUT2D eigenvalue weighted by molar-refractivity contribution is -0.126. The Balaban J connectivity index is 1.89. The molecule has 2 unspecified atom stereocenters. The van der Waals surface area contributed by atoms with Crippen molar-refractivity contribution in [3.8, 4) is 0 Å². The Hall–Kier alpha value is -1.22. The van der Waals surface area contributed by atoms with Crippen molar-refractivity contribution in [1.29, 1.82) is 0 Å². The first-order valence-electron chi connectivity index (χ1n) is 7.66. The van der Waals surface area contributed by atoms with Crippen LogP contribution in [0.4, 0.5) is 0 Å². The first kappa shape index (κ1) is 15.2. The van der Waals surface area contributed by atoms with Crippen molar-refractivity contribution < 1.29 is 4.79 Å². The molecule has 0 aromatic carbocycles.